The van der Waals surface area contributed by atoms with Gasteiger partial charge in [-0.2, -0.15) is 0 Å². The van der Waals surface area contributed by atoms with Gasteiger partial charge in [0.15, 0.2) is 0 Å². The molecule has 0 unspecified atom stereocenters. The third-order valence-corrected chi connectivity index (χ3v) is 5.10. The maximum Gasteiger partial charge on any atom is 0.267 e. The molecule has 0 saturated carbocycles. The Bertz CT molecular complexity index is 1140. The number of aromatic nitrogens is 2. The fourth-order valence-corrected chi connectivity index (χ4v) is 3.63. The number of hydrogen-bond donors (Lipinski definition) is 3. The lowest BCUT2D eigenvalue weighted by molar-refractivity contribution is 0.0950. The molecule has 2 aromatic carbocycles. The molecule has 3 N–H and O–H groups in total. The monoisotopic (exact) mass is 361 g/mol. The Kier molecular flexibility index (Phi) is 4.36. The minimum absolute atomic E-state index is 0.0983. The molecule has 4 rings (SSSR count). The van der Waals surface area contributed by atoms with E-state index in [9.17, 15) is 4.79 Å². The van der Waals surface area contributed by atoms with E-state index in [0.29, 0.717) is 12.2 Å². The van der Waals surface area contributed by atoms with E-state index in [1.807, 2.05) is 24.3 Å². The van der Waals surface area contributed by atoms with Crippen LogP contribution < -0.4 is 10.1 Å². The highest BCUT2D eigenvalue weighted by molar-refractivity contribution is 5.98. The number of hydrogen-bond acceptors (Lipinski definition) is 2. The maximum atomic E-state index is 12.5. The Hall–Kier alpha value is -3.21. The summed E-state index contributed by atoms with van der Waals surface area (Å²) in [4.78, 5) is 19.1. The number of carbonyl (C=O) groups excluding carboxylic acids is 1. The quantitative estimate of drug-likeness (QED) is 0.497. The predicted molar refractivity (Wildman–Crippen MR) is 109 cm³/mol. The molecule has 0 radical (unpaired) electrons. The molecular formula is C22H23N3O2. The van der Waals surface area contributed by atoms with Crippen LogP contribution >= 0.6 is 0 Å². The van der Waals surface area contributed by atoms with E-state index < -0.39 is 0 Å². The maximum absolute atomic E-state index is 12.5. The number of fused-ring (bicyclic) bond motifs is 2. The Morgan fingerprint density at radius 1 is 1.11 bits per heavy atom. The standard InChI is InChI=1S/C22H23N3O2/c1-13-5-4-6-18-17(14(2)24-21(13)18)9-10-23-22(26)20-12-15-11-16(27-3)7-8-19(15)25-20/h4-8,11-12,24-25H,9-10H2,1-3H3,(H,23,26). The lowest BCUT2D eigenvalue weighted by atomic mass is 10.1. The van der Waals surface area contributed by atoms with Gasteiger partial charge in [0.1, 0.15) is 11.4 Å². The zero-order valence-electron chi connectivity index (χ0n) is 15.8. The van der Waals surface area contributed by atoms with Crippen molar-refractivity contribution >= 4 is 27.7 Å². The summed E-state index contributed by atoms with van der Waals surface area (Å²) in [6.07, 6.45) is 0.787. The molecule has 0 fully saturated rings. The highest BCUT2D eigenvalue weighted by atomic mass is 16.5. The van der Waals surface area contributed by atoms with Gasteiger partial charge >= 0.3 is 0 Å². The first-order chi connectivity index (χ1) is 13.1. The molecule has 0 aliphatic heterocycles. The van der Waals surface area contributed by atoms with Crippen molar-refractivity contribution in [3.05, 3.63) is 65.0 Å². The van der Waals surface area contributed by atoms with Crippen molar-refractivity contribution in [2.45, 2.75) is 20.3 Å². The van der Waals surface area contributed by atoms with Crippen LogP contribution in [0.15, 0.2) is 42.5 Å². The summed E-state index contributed by atoms with van der Waals surface area (Å²) in [6.45, 7) is 4.77. The lowest BCUT2D eigenvalue weighted by Crippen LogP contribution is -2.26. The summed E-state index contributed by atoms with van der Waals surface area (Å²) >= 11 is 0. The van der Waals surface area contributed by atoms with Crippen LogP contribution in [0.4, 0.5) is 0 Å². The van der Waals surface area contributed by atoms with Crippen LogP contribution in [0.3, 0.4) is 0 Å². The summed E-state index contributed by atoms with van der Waals surface area (Å²) in [5.74, 6) is 0.678. The lowest BCUT2D eigenvalue weighted by Gasteiger charge is -2.05. The van der Waals surface area contributed by atoms with E-state index in [0.717, 1.165) is 28.8 Å². The summed E-state index contributed by atoms with van der Waals surface area (Å²) in [5.41, 5.74) is 6.32. The molecule has 27 heavy (non-hydrogen) atoms. The number of methoxy groups -OCH3 is 1. The van der Waals surface area contributed by atoms with Gasteiger partial charge in [-0.3, -0.25) is 4.79 Å². The molecule has 1 amide bonds. The molecule has 0 aliphatic carbocycles. The number of carbonyl (C=O) groups is 1. The van der Waals surface area contributed by atoms with Gasteiger partial charge in [0.2, 0.25) is 0 Å². The first-order valence-electron chi connectivity index (χ1n) is 9.08. The Labute approximate surface area is 157 Å². The number of para-hydroxylation sites is 1. The number of H-pyrrole nitrogens is 2. The SMILES string of the molecule is COc1ccc2[nH]c(C(=O)NCCc3c(C)[nH]c4c(C)cccc34)cc2c1. The first-order valence-corrected chi connectivity index (χ1v) is 9.08. The molecule has 0 saturated heterocycles. The van der Waals surface area contributed by atoms with Gasteiger partial charge in [0.05, 0.1) is 7.11 Å². The molecule has 0 bridgehead atoms. The number of ether oxygens (including phenoxy) is 1. The van der Waals surface area contributed by atoms with Crippen molar-refractivity contribution in [2.75, 3.05) is 13.7 Å². The second-order valence-electron chi connectivity index (χ2n) is 6.87. The second kappa shape index (κ2) is 6.83. The number of amides is 1. The highest BCUT2D eigenvalue weighted by Gasteiger charge is 2.12. The highest BCUT2D eigenvalue weighted by Crippen LogP contribution is 2.25. The Morgan fingerprint density at radius 3 is 2.78 bits per heavy atom. The van der Waals surface area contributed by atoms with Crippen molar-refractivity contribution in [3.8, 4) is 5.75 Å². The largest absolute Gasteiger partial charge is 0.497 e. The van der Waals surface area contributed by atoms with Crippen LogP contribution in [-0.4, -0.2) is 29.5 Å². The van der Waals surface area contributed by atoms with Crippen LogP contribution in [0.25, 0.3) is 21.8 Å². The van der Waals surface area contributed by atoms with Gasteiger partial charge in [0, 0.05) is 34.0 Å². The van der Waals surface area contributed by atoms with Gasteiger partial charge in [-0.25, -0.2) is 0 Å². The zero-order valence-corrected chi connectivity index (χ0v) is 15.8. The van der Waals surface area contributed by atoms with Crippen molar-refractivity contribution in [1.82, 2.24) is 15.3 Å². The topological polar surface area (TPSA) is 69.9 Å². The van der Waals surface area contributed by atoms with E-state index in [1.165, 1.54) is 22.0 Å². The van der Waals surface area contributed by atoms with Crippen molar-refractivity contribution in [1.29, 1.82) is 0 Å². The third-order valence-electron chi connectivity index (χ3n) is 5.10. The van der Waals surface area contributed by atoms with Gasteiger partial charge in [-0.1, -0.05) is 18.2 Å². The predicted octanol–water partition coefficient (Wildman–Crippen LogP) is 4.25. The van der Waals surface area contributed by atoms with Crippen LogP contribution in [0.5, 0.6) is 5.75 Å². The van der Waals surface area contributed by atoms with Crippen molar-refractivity contribution in [2.24, 2.45) is 0 Å². The smallest absolute Gasteiger partial charge is 0.267 e. The van der Waals surface area contributed by atoms with Gasteiger partial charge in [0.25, 0.3) is 5.91 Å². The number of rotatable bonds is 5. The number of nitrogens with one attached hydrogen (secondary N) is 3. The number of aromatic amines is 2. The van der Waals surface area contributed by atoms with Crippen molar-refractivity contribution < 1.29 is 9.53 Å². The minimum Gasteiger partial charge on any atom is -0.497 e. The van der Waals surface area contributed by atoms with E-state index in [-0.39, 0.29) is 5.91 Å². The molecular weight excluding hydrogens is 338 g/mol. The number of aryl methyl sites for hydroxylation is 2. The van der Waals surface area contributed by atoms with E-state index >= 15 is 0 Å². The van der Waals surface area contributed by atoms with Crippen LogP contribution in [0.2, 0.25) is 0 Å². The van der Waals surface area contributed by atoms with Crippen LogP contribution in [-0.2, 0) is 6.42 Å². The summed E-state index contributed by atoms with van der Waals surface area (Å²) in [7, 11) is 1.63. The molecule has 4 aromatic rings. The molecule has 138 valence electrons. The molecule has 5 nitrogen and oxygen atoms in total. The third kappa shape index (κ3) is 3.16. The zero-order chi connectivity index (χ0) is 19.0. The average Bonchev–Trinajstić information content (AvgIpc) is 3.23. The molecule has 2 heterocycles. The molecule has 0 aliphatic rings. The molecule has 2 aromatic heterocycles. The Morgan fingerprint density at radius 2 is 1.96 bits per heavy atom. The fourth-order valence-electron chi connectivity index (χ4n) is 3.63. The van der Waals surface area contributed by atoms with E-state index in [4.69, 9.17) is 4.74 Å². The van der Waals surface area contributed by atoms with E-state index in [2.05, 4.69) is 47.3 Å². The number of benzene rings is 2. The van der Waals surface area contributed by atoms with Gasteiger partial charge in [-0.05, 0) is 55.7 Å². The average molecular weight is 361 g/mol. The van der Waals surface area contributed by atoms with Crippen LogP contribution in [0, 0.1) is 13.8 Å². The molecule has 0 spiro atoms. The van der Waals surface area contributed by atoms with Crippen molar-refractivity contribution in [3.63, 3.8) is 0 Å². The first kappa shape index (κ1) is 17.2. The summed E-state index contributed by atoms with van der Waals surface area (Å²) in [5, 5.41) is 5.21. The summed E-state index contributed by atoms with van der Waals surface area (Å²) < 4.78 is 5.24. The Balaban J connectivity index is 1.47. The van der Waals surface area contributed by atoms with E-state index in [1.54, 1.807) is 7.11 Å². The normalized spacial score (nSPS) is 11.2. The fraction of sp³-hybridized carbons (Fsp3) is 0.227. The molecule has 5 heteroatoms. The van der Waals surface area contributed by atoms with Gasteiger partial charge in [-0.15, -0.1) is 0 Å². The van der Waals surface area contributed by atoms with Gasteiger partial charge < -0.3 is 20.0 Å². The second-order valence-corrected chi connectivity index (χ2v) is 6.87. The molecule has 0 atom stereocenters. The minimum atomic E-state index is -0.0983. The van der Waals surface area contributed by atoms with Crippen LogP contribution in [0.1, 0.15) is 27.3 Å². The summed E-state index contributed by atoms with van der Waals surface area (Å²) in [6, 6.07) is 13.9.